The van der Waals surface area contributed by atoms with Crippen molar-refractivity contribution in [2.24, 2.45) is 0 Å². The minimum Gasteiger partial charge on any atom is -0.457 e. The zero-order valence-electron chi connectivity index (χ0n) is 14.3. The molecule has 3 aromatic carbocycles. The summed E-state index contributed by atoms with van der Waals surface area (Å²) in [6, 6.07) is 20.3. The van der Waals surface area contributed by atoms with Crippen molar-refractivity contribution in [1.82, 2.24) is 0 Å². The Bertz CT molecular complexity index is 1080. The second kappa shape index (κ2) is 7.82. The van der Waals surface area contributed by atoms with Gasteiger partial charge in [0, 0.05) is 23.6 Å². The van der Waals surface area contributed by atoms with Gasteiger partial charge in [0.15, 0.2) is 9.84 Å². The maximum absolute atomic E-state index is 12.5. The van der Waals surface area contributed by atoms with Crippen LogP contribution in [0.3, 0.4) is 0 Å². The molecular formula is C20H16ClNO4S. The van der Waals surface area contributed by atoms with Gasteiger partial charge < -0.3 is 10.1 Å². The molecule has 0 bridgehead atoms. The number of benzene rings is 3. The van der Waals surface area contributed by atoms with Gasteiger partial charge in [0.05, 0.1) is 9.92 Å². The van der Waals surface area contributed by atoms with Gasteiger partial charge in [-0.15, -0.1) is 0 Å². The molecular weight excluding hydrogens is 386 g/mol. The lowest BCUT2D eigenvalue weighted by Gasteiger charge is -2.10. The molecule has 0 aliphatic carbocycles. The number of halogens is 1. The molecule has 0 heterocycles. The van der Waals surface area contributed by atoms with Crippen molar-refractivity contribution in [2.45, 2.75) is 4.90 Å². The van der Waals surface area contributed by atoms with Crippen LogP contribution in [0, 0.1) is 0 Å². The Morgan fingerprint density at radius 3 is 2.33 bits per heavy atom. The quantitative estimate of drug-likeness (QED) is 0.667. The van der Waals surface area contributed by atoms with E-state index in [4.69, 9.17) is 16.3 Å². The Morgan fingerprint density at radius 1 is 0.926 bits per heavy atom. The largest absolute Gasteiger partial charge is 0.457 e. The summed E-state index contributed by atoms with van der Waals surface area (Å²) in [6.07, 6.45) is 1.04. The highest BCUT2D eigenvalue weighted by molar-refractivity contribution is 7.90. The van der Waals surface area contributed by atoms with Crippen LogP contribution in [0.4, 0.5) is 5.69 Å². The predicted molar refractivity (Wildman–Crippen MR) is 105 cm³/mol. The van der Waals surface area contributed by atoms with Crippen molar-refractivity contribution in [2.75, 3.05) is 11.6 Å². The molecule has 0 unspecified atom stereocenters. The number of anilines is 1. The van der Waals surface area contributed by atoms with Gasteiger partial charge in [0.2, 0.25) is 0 Å². The van der Waals surface area contributed by atoms with E-state index in [1.165, 1.54) is 18.2 Å². The topological polar surface area (TPSA) is 72.5 Å². The predicted octanol–water partition coefficient (Wildman–Crippen LogP) is 4.79. The first-order chi connectivity index (χ1) is 12.8. The van der Waals surface area contributed by atoms with E-state index in [2.05, 4.69) is 5.32 Å². The molecule has 0 saturated heterocycles. The monoisotopic (exact) mass is 401 g/mol. The van der Waals surface area contributed by atoms with Crippen molar-refractivity contribution >= 4 is 33.0 Å². The molecule has 5 nitrogen and oxygen atoms in total. The van der Waals surface area contributed by atoms with Gasteiger partial charge in [0.25, 0.3) is 5.91 Å². The van der Waals surface area contributed by atoms with Crippen molar-refractivity contribution in [3.05, 3.63) is 83.4 Å². The van der Waals surface area contributed by atoms with Crippen LogP contribution in [-0.2, 0) is 9.84 Å². The van der Waals surface area contributed by atoms with E-state index in [1.54, 1.807) is 24.3 Å². The van der Waals surface area contributed by atoms with Crippen LogP contribution in [0.15, 0.2) is 77.7 Å². The molecule has 0 aliphatic heterocycles. The van der Waals surface area contributed by atoms with Crippen LogP contribution in [0.25, 0.3) is 0 Å². The summed E-state index contributed by atoms with van der Waals surface area (Å²) in [4.78, 5) is 12.4. The Labute approximate surface area is 162 Å². The molecule has 0 aromatic heterocycles. The number of hydrogen-bond donors (Lipinski definition) is 1. The van der Waals surface area contributed by atoms with E-state index in [9.17, 15) is 13.2 Å². The van der Waals surface area contributed by atoms with E-state index in [0.717, 1.165) is 6.26 Å². The average molecular weight is 402 g/mol. The summed E-state index contributed by atoms with van der Waals surface area (Å²) in [5.41, 5.74) is 0.707. The fraction of sp³-hybridized carbons (Fsp3) is 0.0500. The molecule has 1 amide bonds. The fourth-order valence-electron chi connectivity index (χ4n) is 2.39. The smallest absolute Gasteiger partial charge is 0.255 e. The van der Waals surface area contributed by atoms with Crippen LogP contribution >= 0.6 is 11.6 Å². The molecule has 0 aliphatic rings. The number of amides is 1. The molecule has 0 radical (unpaired) electrons. The van der Waals surface area contributed by atoms with Crippen LogP contribution in [0.1, 0.15) is 10.4 Å². The van der Waals surface area contributed by atoms with Gasteiger partial charge in [-0.3, -0.25) is 4.79 Å². The van der Waals surface area contributed by atoms with Crippen molar-refractivity contribution in [3.63, 3.8) is 0 Å². The van der Waals surface area contributed by atoms with Crippen LogP contribution in [-0.4, -0.2) is 20.6 Å². The van der Waals surface area contributed by atoms with Crippen LogP contribution in [0.5, 0.6) is 11.5 Å². The lowest BCUT2D eigenvalue weighted by Crippen LogP contribution is -2.13. The average Bonchev–Trinajstić information content (AvgIpc) is 2.62. The molecule has 138 valence electrons. The molecule has 0 saturated carbocycles. The summed E-state index contributed by atoms with van der Waals surface area (Å²) < 4.78 is 29.3. The third-order valence-electron chi connectivity index (χ3n) is 3.66. The number of sulfone groups is 1. The minimum absolute atomic E-state index is 0.0762. The summed E-state index contributed by atoms with van der Waals surface area (Å²) in [6.45, 7) is 0. The van der Waals surface area contributed by atoms with Gasteiger partial charge in [-0.05, 0) is 42.5 Å². The summed E-state index contributed by atoms with van der Waals surface area (Å²) >= 11 is 5.92. The molecule has 7 heteroatoms. The third-order valence-corrected chi connectivity index (χ3v) is 5.24. The maximum Gasteiger partial charge on any atom is 0.255 e. The van der Waals surface area contributed by atoms with Gasteiger partial charge in [-0.2, -0.15) is 0 Å². The Morgan fingerprint density at radius 2 is 1.63 bits per heavy atom. The first-order valence-electron chi connectivity index (χ1n) is 7.97. The van der Waals surface area contributed by atoms with Gasteiger partial charge >= 0.3 is 0 Å². The number of hydrogen-bond acceptors (Lipinski definition) is 4. The third kappa shape index (κ3) is 4.87. The summed E-state index contributed by atoms with van der Waals surface area (Å²) in [7, 11) is -3.54. The van der Waals surface area contributed by atoms with Crippen LogP contribution in [0.2, 0.25) is 5.02 Å². The SMILES string of the molecule is CS(=O)(=O)c1cc(C(=O)Nc2cccc(Oc3ccccc3)c2)ccc1Cl. The Kier molecular flexibility index (Phi) is 5.48. The highest BCUT2D eigenvalue weighted by atomic mass is 35.5. The van der Waals surface area contributed by atoms with Gasteiger partial charge in [-0.25, -0.2) is 8.42 Å². The number of carbonyl (C=O) groups is 1. The number of rotatable bonds is 5. The molecule has 0 fully saturated rings. The van der Waals surface area contributed by atoms with Gasteiger partial charge in [-0.1, -0.05) is 35.9 Å². The molecule has 3 aromatic rings. The number of ether oxygens (including phenoxy) is 1. The van der Waals surface area contributed by atoms with Crippen molar-refractivity contribution in [3.8, 4) is 11.5 Å². The second-order valence-electron chi connectivity index (χ2n) is 5.81. The summed E-state index contributed by atoms with van der Waals surface area (Å²) in [5, 5.41) is 2.80. The van der Waals surface area contributed by atoms with E-state index < -0.39 is 15.7 Å². The molecule has 0 atom stereocenters. The Balaban J connectivity index is 1.80. The number of para-hydroxylation sites is 1. The molecule has 27 heavy (non-hydrogen) atoms. The minimum atomic E-state index is -3.54. The molecule has 3 rings (SSSR count). The maximum atomic E-state index is 12.5. The number of nitrogens with one attached hydrogen (secondary N) is 1. The van der Waals surface area contributed by atoms with Crippen LogP contribution < -0.4 is 10.1 Å². The standard InChI is InChI=1S/C20H16ClNO4S/c1-27(24,25)19-12-14(10-11-18(19)21)20(23)22-15-6-5-9-17(13-15)26-16-7-3-2-4-8-16/h2-13H,1H3,(H,22,23). The number of carbonyl (C=O) groups excluding carboxylic acids is 1. The van der Waals surface area contributed by atoms with Gasteiger partial charge in [0.1, 0.15) is 11.5 Å². The highest BCUT2D eigenvalue weighted by Gasteiger charge is 2.16. The van der Waals surface area contributed by atoms with E-state index in [-0.39, 0.29) is 15.5 Å². The van der Waals surface area contributed by atoms with E-state index >= 15 is 0 Å². The summed E-state index contributed by atoms with van der Waals surface area (Å²) in [5.74, 6) is 0.789. The molecule has 0 spiro atoms. The molecule has 1 N–H and O–H groups in total. The first-order valence-corrected chi connectivity index (χ1v) is 10.2. The van der Waals surface area contributed by atoms with Crippen molar-refractivity contribution < 1.29 is 17.9 Å². The lowest BCUT2D eigenvalue weighted by molar-refractivity contribution is 0.102. The zero-order valence-corrected chi connectivity index (χ0v) is 15.9. The van der Waals surface area contributed by atoms with E-state index in [1.807, 2.05) is 30.3 Å². The second-order valence-corrected chi connectivity index (χ2v) is 8.21. The van der Waals surface area contributed by atoms with E-state index in [0.29, 0.717) is 17.2 Å². The first kappa shape index (κ1) is 18.9. The van der Waals surface area contributed by atoms with Crippen molar-refractivity contribution in [1.29, 1.82) is 0 Å². The highest BCUT2D eigenvalue weighted by Crippen LogP contribution is 2.25. The lowest BCUT2D eigenvalue weighted by atomic mass is 10.2. The Hall–Kier alpha value is -2.83. The fourth-order valence-corrected chi connectivity index (χ4v) is 3.70. The zero-order chi connectivity index (χ0) is 19.4. The normalized spacial score (nSPS) is 11.0.